The van der Waals surface area contributed by atoms with E-state index in [-0.39, 0.29) is 18.2 Å². The van der Waals surface area contributed by atoms with Crippen molar-refractivity contribution in [1.29, 1.82) is 0 Å². The highest BCUT2D eigenvalue weighted by atomic mass is 79.9. The third-order valence-electron chi connectivity index (χ3n) is 6.39. The number of nitrogens with zero attached hydrogens (tertiary/aromatic N) is 1. The summed E-state index contributed by atoms with van der Waals surface area (Å²) in [6.45, 7) is 3.88. The summed E-state index contributed by atoms with van der Waals surface area (Å²) in [6.07, 6.45) is 1.30. The molecule has 8 heteroatoms. The Kier molecular flexibility index (Phi) is 7.80. The Bertz CT molecular complexity index is 1350. The van der Waals surface area contributed by atoms with Crippen molar-refractivity contribution in [2.24, 2.45) is 11.5 Å². The van der Waals surface area contributed by atoms with Crippen molar-refractivity contribution < 1.29 is 14.4 Å². The van der Waals surface area contributed by atoms with E-state index in [1.807, 2.05) is 54.6 Å². The smallest absolute Gasteiger partial charge is 0.249 e. The molecule has 1 heterocycles. The van der Waals surface area contributed by atoms with Gasteiger partial charge in [-0.3, -0.25) is 14.4 Å². The second-order valence-electron chi connectivity index (χ2n) is 10.1. The van der Waals surface area contributed by atoms with Gasteiger partial charge in [0.05, 0.1) is 6.54 Å². The molecule has 3 aromatic rings. The molecule has 3 aromatic carbocycles. The van der Waals surface area contributed by atoms with Crippen molar-refractivity contribution in [2.45, 2.75) is 51.2 Å². The molecule has 1 aliphatic heterocycles. The van der Waals surface area contributed by atoms with Gasteiger partial charge in [-0.15, -0.1) is 0 Å². The molecule has 0 saturated heterocycles. The van der Waals surface area contributed by atoms with Gasteiger partial charge in [0.1, 0.15) is 6.04 Å². The molecule has 0 radical (unpaired) electrons. The topological polar surface area (TPSA) is 119 Å². The van der Waals surface area contributed by atoms with Gasteiger partial charge >= 0.3 is 0 Å². The zero-order valence-corrected chi connectivity index (χ0v) is 22.5. The number of benzene rings is 3. The minimum Gasteiger partial charge on any atom is -0.366 e. The van der Waals surface area contributed by atoms with Crippen LogP contribution in [-0.2, 0) is 22.6 Å². The van der Waals surface area contributed by atoms with Crippen LogP contribution >= 0.6 is 15.9 Å². The van der Waals surface area contributed by atoms with E-state index in [1.54, 1.807) is 30.9 Å². The zero-order chi connectivity index (χ0) is 26.7. The predicted octanol–water partition coefficient (Wildman–Crippen LogP) is 4.31. The Labute approximate surface area is 225 Å². The highest BCUT2D eigenvalue weighted by Crippen LogP contribution is 2.33. The highest BCUT2D eigenvalue weighted by Gasteiger charge is 2.32. The van der Waals surface area contributed by atoms with Crippen molar-refractivity contribution >= 4 is 39.3 Å². The number of carbonyl (C=O) groups excluding carboxylic acids is 3. The molecule has 0 bridgehead atoms. The Morgan fingerprint density at radius 1 is 1.08 bits per heavy atom. The first-order valence-corrected chi connectivity index (χ1v) is 13.0. The number of anilines is 1. The summed E-state index contributed by atoms with van der Waals surface area (Å²) in [5.41, 5.74) is 15.7. The van der Waals surface area contributed by atoms with Crippen LogP contribution < -0.4 is 21.7 Å². The minimum absolute atomic E-state index is 0.128. The van der Waals surface area contributed by atoms with E-state index in [0.29, 0.717) is 24.9 Å². The molecular weight excluding hydrogens is 532 g/mol. The SMILES string of the molecule is CC(C)(N)CC(=O)N[C@@H]1CCc2ccccc2N(Cc2ccc(-c3ccccc3C(N)=O)cc2Br)C1=O. The second-order valence-corrected chi connectivity index (χ2v) is 10.9. The predicted molar refractivity (Wildman–Crippen MR) is 149 cm³/mol. The molecule has 0 fully saturated rings. The van der Waals surface area contributed by atoms with Crippen LogP contribution in [0, 0.1) is 0 Å². The summed E-state index contributed by atoms with van der Waals surface area (Å²) in [4.78, 5) is 40.0. The van der Waals surface area contributed by atoms with Gasteiger partial charge in [0, 0.05) is 27.7 Å². The number of amides is 3. The molecule has 7 nitrogen and oxygen atoms in total. The van der Waals surface area contributed by atoms with Crippen molar-refractivity contribution in [3.05, 3.63) is 87.9 Å². The van der Waals surface area contributed by atoms with Gasteiger partial charge < -0.3 is 21.7 Å². The van der Waals surface area contributed by atoms with Crippen LogP contribution in [-0.4, -0.2) is 29.3 Å². The number of hydrogen-bond donors (Lipinski definition) is 3. The number of nitrogens with one attached hydrogen (secondary N) is 1. The van der Waals surface area contributed by atoms with Gasteiger partial charge in [0.25, 0.3) is 0 Å². The molecular formula is C29H31BrN4O3. The second kappa shape index (κ2) is 10.9. The fourth-order valence-electron chi connectivity index (χ4n) is 4.63. The van der Waals surface area contributed by atoms with Crippen LogP contribution in [0.5, 0.6) is 0 Å². The summed E-state index contributed by atoms with van der Waals surface area (Å²) >= 11 is 3.66. The molecule has 4 rings (SSSR count). The van der Waals surface area contributed by atoms with Crippen molar-refractivity contribution in [2.75, 3.05) is 4.90 Å². The number of aryl methyl sites for hydroxylation is 1. The van der Waals surface area contributed by atoms with Gasteiger partial charge in [-0.05, 0) is 67.1 Å². The fraction of sp³-hybridized carbons (Fsp3) is 0.276. The van der Waals surface area contributed by atoms with E-state index >= 15 is 0 Å². The van der Waals surface area contributed by atoms with Gasteiger partial charge in [-0.1, -0.05) is 64.5 Å². The maximum atomic E-state index is 13.7. The van der Waals surface area contributed by atoms with Gasteiger partial charge in [0.15, 0.2) is 0 Å². The molecule has 0 spiro atoms. The Morgan fingerprint density at radius 3 is 2.49 bits per heavy atom. The number of para-hydroxylation sites is 1. The Morgan fingerprint density at radius 2 is 1.78 bits per heavy atom. The number of carbonyl (C=O) groups is 3. The monoisotopic (exact) mass is 562 g/mol. The molecule has 5 N–H and O–H groups in total. The molecule has 37 heavy (non-hydrogen) atoms. The summed E-state index contributed by atoms with van der Waals surface area (Å²) in [5, 5.41) is 2.91. The van der Waals surface area contributed by atoms with E-state index < -0.39 is 17.5 Å². The van der Waals surface area contributed by atoms with E-state index in [0.717, 1.165) is 32.4 Å². The van der Waals surface area contributed by atoms with Crippen LogP contribution in [0.15, 0.2) is 71.2 Å². The summed E-state index contributed by atoms with van der Waals surface area (Å²) in [5.74, 6) is -0.896. The van der Waals surface area contributed by atoms with E-state index in [4.69, 9.17) is 11.5 Å². The lowest BCUT2D eigenvalue weighted by atomic mass is 9.98. The molecule has 0 unspecified atom stereocenters. The molecule has 0 aromatic heterocycles. The third-order valence-corrected chi connectivity index (χ3v) is 7.12. The molecule has 1 atom stereocenters. The van der Waals surface area contributed by atoms with Crippen LogP contribution in [0.25, 0.3) is 11.1 Å². The first-order valence-electron chi connectivity index (χ1n) is 12.2. The lowest BCUT2D eigenvalue weighted by Gasteiger charge is -2.27. The van der Waals surface area contributed by atoms with Gasteiger partial charge in [-0.25, -0.2) is 0 Å². The summed E-state index contributed by atoms with van der Waals surface area (Å²) in [6, 6.07) is 20.1. The number of nitrogens with two attached hydrogens (primary N) is 2. The molecule has 0 saturated carbocycles. The maximum Gasteiger partial charge on any atom is 0.249 e. The lowest BCUT2D eigenvalue weighted by Crippen LogP contribution is -2.49. The Balaban J connectivity index is 1.64. The third kappa shape index (κ3) is 6.26. The Hall–Kier alpha value is -3.49. The van der Waals surface area contributed by atoms with Crippen molar-refractivity contribution in [3.63, 3.8) is 0 Å². The lowest BCUT2D eigenvalue weighted by molar-refractivity contribution is -0.128. The number of fused-ring (bicyclic) bond motifs is 1. The first kappa shape index (κ1) is 26.6. The first-order chi connectivity index (χ1) is 17.5. The van der Waals surface area contributed by atoms with Crippen LogP contribution in [0.1, 0.15) is 48.2 Å². The van der Waals surface area contributed by atoms with E-state index in [9.17, 15) is 14.4 Å². The normalized spacial score (nSPS) is 15.6. The maximum absolute atomic E-state index is 13.7. The number of halogens is 1. The molecule has 1 aliphatic rings. The molecule has 192 valence electrons. The standard InChI is InChI=1S/C29H31BrN4O3/c1-29(2,32)16-26(35)33-24-14-13-18-7-3-6-10-25(18)34(28(24)37)17-20-12-11-19(15-23(20)30)21-8-4-5-9-22(21)27(31)36/h3-12,15,24H,13-14,16-17,32H2,1-2H3,(H2,31,36)(H,33,35)/t24-/m1/s1. The number of hydrogen-bond acceptors (Lipinski definition) is 4. The van der Waals surface area contributed by atoms with Gasteiger partial charge in [-0.2, -0.15) is 0 Å². The fourth-order valence-corrected chi connectivity index (χ4v) is 5.14. The average Bonchev–Trinajstić information content (AvgIpc) is 2.96. The average molecular weight is 563 g/mol. The van der Waals surface area contributed by atoms with Crippen molar-refractivity contribution in [1.82, 2.24) is 5.32 Å². The van der Waals surface area contributed by atoms with Crippen LogP contribution in [0.3, 0.4) is 0 Å². The quantitative estimate of drug-likeness (QED) is 0.397. The number of rotatable bonds is 7. The zero-order valence-electron chi connectivity index (χ0n) is 21.0. The van der Waals surface area contributed by atoms with E-state index in [1.165, 1.54) is 0 Å². The van der Waals surface area contributed by atoms with Crippen LogP contribution in [0.2, 0.25) is 0 Å². The van der Waals surface area contributed by atoms with Crippen LogP contribution in [0.4, 0.5) is 5.69 Å². The summed E-state index contributed by atoms with van der Waals surface area (Å²) < 4.78 is 0.796. The number of primary amides is 1. The van der Waals surface area contributed by atoms with E-state index in [2.05, 4.69) is 21.2 Å². The molecule has 3 amide bonds. The van der Waals surface area contributed by atoms with Gasteiger partial charge in [0.2, 0.25) is 17.7 Å². The van der Waals surface area contributed by atoms with Crippen molar-refractivity contribution in [3.8, 4) is 11.1 Å². The minimum atomic E-state index is -0.666. The highest BCUT2D eigenvalue weighted by molar-refractivity contribution is 9.10. The largest absolute Gasteiger partial charge is 0.366 e. The summed E-state index contributed by atoms with van der Waals surface area (Å²) in [7, 11) is 0. The molecule has 0 aliphatic carbocycles.